The van der Waals surface area contributed by atoms with Crippen LogP contribution in [0.5, 0.6) is 0 Å². The molecule has 0 atom stereocenters. The molecule has 132 valence electrons. The van der Waals surface area contributed by atoms with Gasteiger partial charge < -0.3 is 16.6 Å². The van der Waals surface area contributed by atoms with Gasteiger partial charge in [0.05, 0.1) is 0 Å². The lowest BCUT2D eigenvalue weighted by atomic mass is 10.1. The minimum atomic E-state index is -0.833. The van der Waals surface area contributed by atoms with Crippen molar-refractivity contribution in [3.05, 3.63) is 0 Å². The maximum Gasteiger partial charge on any atom is 0.300 e. The number of nitrogens with zero attached hydrogens (tertiary/aromatic N) is 1. The molecule has 0 aliphatic rings. The first-order valence-corrected chi connectivity index (χ1v) is 8.75. The standard InChI is InChI=1S/C15H33N3.C2H4O2/c1-2-3-4-5-6-7-8-9-10-11-12-13-14-18-15(16)17;1-2(3)4/h2-14H2,1H3,(H4,16,17,18);1H3,(H,3,4). The number of carboxylic acid groups (broad SMARTS) is 1. The van der Waals surface area contributed by atoms with Gasteiger partial charge in [0.2, 0.25) is 0 Å². The van der Waals surface area contributed by atoms with E-state index < -0.39 is 5.97 Å². The quantitative estimate of drug-likeness (QED) is 0.271. The average molecular weight is 316 g/mol. The van der Waals surface area contributed by atoms with Crippen LogP contribution in [-0.2, 0) is 4.79 Å². The van der Waals surface area contributed by atoms with Crippen molar-refractivity contribution < 1.29 is 9.90 Å². The predicted octanol–water partition coefficient (Wildman–Crippen LogP) is 4.05. The highest BCUT2D eigenvalue weighted by atomic mass is 16.4. The van der Waals surface area contributed by atoms with Crippen LogP contribution >= 0.6 is 0 Å². The van der Waals surface area contributed by atoms with Crippen LogP contribution in [0.25, 0.3) is 0 Å². The summed E-state index contributed by atoms with van der Waals surface area (Å²) < 4.78 is 0. The van der Waals surface area contributed by atoms with E-state index >= 15 is 0 Å². The van der Waals surface area contributed by atoms with E-state index in [2.05, 4.69) is 11.9 Å². The van der Waals surface area contributed by atoms with Gasteiger partial charge in [0.1, 0.15) is 0 Å². The molecule has 0 aliphatic carbocycles. The summed E-state index contributed by atoms with van der Waals surface area (Å²) in [6.45, 7) is 4.15. The number of nitrogens with two attached hydrogens (primary N) is 2. The lowest BCUT2D eigenvalue weighted by molar-refractivity contribution is -0.134. The van der Waals surface area contributed by atoms with Gasteiger partial charge in [0, 0.05) is 13.5 Å². The Bertz CT molecular complexity index is 261. The molecular weight excluding hydrogens is 278 g/mol. The average Bonchev–Trinajstić information content (AvgIpc) is 2.43. The van der Waals surface area contributed by atoms with Crippen LogP contribution in [0, 0.1) is 0 Å². The molecule has 0 aliphatic heterocycles. The normalized spacial score (nSPS) is 9.73. The van der Waals surface area contributed by atoms with Crippen molar-refractivity contribution in [1.29, 1.82) is 0 Å². The summed E-state index contributed by atoms with van der Waals surface area (Å²) in [6.07, 6.45) is 16.4. The molecule has 0 unspecified atom stereocenters. The van der Waals surface area contributed by atoms with E-state index in [9.17, 15) is 0 Å². The summed E-state index contributed by atoms with van der Waals surface area (Å²) >= 11 is 0. The van der Waals surface area contributed by atoms with Crippen molar-refractivity contribution >= 4 is 11.9 Å². The number of hydrogen-bond donors (Lipinski definition) is 3. The summed E-state index contributed by atoms with van der Waals surface area (Å²) in [6, 6.07) is 0. The maximum atomic E-state index is 9.00. The third-order valence-corrected chi connectivity index (χ3v) is 3.31. The van der Waals surface area contributed by atoms with E-state index in [1.807, 2.05) is 0 Å². The van der Waals surface area contributed by atoms with Crippen LogP contribution in [0.4, 0.5) is 0 Å². The molecule has 0 saturated heterocycles. The van der Waals surface area contributed by atoms with E-state index in [4.69, 9.17) is 21.4 Å². The van der Waals surface area contributed by atoms with Crippen molar-refractivity contribution in [3.8, 4) is 0 Å². The summed E-state index contributed by atoms with van der Waals surface area (Å²) in [5.41, 5.74) is 10.5. The Morgan fingerprint density at radius 1 is 0.818 bits per heavy atom. The molecule has 0 spiro atoms. The summed E-state index contributed by atoms with van der Waals surface area (Å²) in [5, 5.41) is 7.42. The van der Waals surface area contributed by atoms with Crippen LogP contribution in [0.15, 0.2) is 4.99 Å². The van der Waals surface area contributed by atoms with E-state index in [0.717, 1.165) is 19.9 Å². The van der Waals surface area contributed by atoms with E-state index in [1.54, 1.807) is 0 Å². The topological polar surface area (TPSA) is 102 Å². The molecule has 5 heteroatoms. The summed E-state index contributed by atoms with van der Waals surface area (Å²) in [5.74, 6) is -0.613. The van der Waals surface area contributed by atoms with Crippen molar-refractivity contribution in [2.75, 3.05) is 6.54 Å². The second-order valence-electron chi connectivity index (χ2n) is 5.71. The van der Waals surface area contributed by atoms with Crippen LogP contribution in [0.3, 0.4) is 0 Å². The smallest absolute Gasteiger partial charge is 0.300 e. The van der Waals surface area contributed by atoms with Gasteiger partial charge in [-0.05, 0) is 6.42 Å². The Balaban J connectivity index is 0. The Morgan fingerprint density at radius 3 is 1.45 bits per heavy atom. The molecule has 0 amide bonds. The van der Waals surface area contributed by atoms with Gasteiger partial charge in [-0.3, -0.25) is 9.79 Å². The van der Waals surface area contributed by atoms with Crippen molar-refractivity contribution in [2.45, 2.75) is 90.9 Å². The second kappa shape index (κ2) is 19.7. The third kappa shape index (κ3) is 31.2. The van der Waals surface area contributed by atoms with Crippen LogP contribution in [0.1, 0.15) is 90.9 Å². The highest BCUT2D eigenvalue weighted by Crippen LogP contribution is 2.11. The number of carbonyl (C=O) groups is 1. The lowest BCUT2D eigenvalue weighted by Crippen LogP contribution is -2.22. The first kappa shape index (κ1) is 23.0. The van der Waals surface area contributed by atoms with Gasteiger partial charge in [-0.15, -0.1) is 0 Å². The van der Waals surface area contributed by atoms with Crippen molar-refractivity contribution in [3.63, 3.8) is 0 Å². The Labute approximate surface area is 136 Å². The molecule has 0 fully saturated rings. The predicted molar refractivity (Wildman–Crippen MR) is 95.1 cm³/mol. The Kier molecular flexibility index (Phi) is 20.6. The highest BCUT2D eigenvalue weighted by Gasteiger charge is 1.93. The largest absolute Gasteiger partial charge is 0.481 e. The maximum absolute atomic E-state index is 9.00. The molecule has 5 nitrogen and oxygen atoms in total. The molecule has 0 aromatic rings. The SMILES string of the molecule is CC(=O)O.CCCCCCCCCCCCCCN=C(N)N. The lowest BCUT2D eigenvalue weighted by Gasteiger charge is -2.02. The minimum absolute atomic E-state index is 0.220. The van der Waals surface area contributed by atoms with Crippen LogP contribution in [0.2, 0.25) is 0 Å². The Morgan fingerprint density at radius 2 is 1.14 bits per heavy atom. The van der Waals surface area contributed by atoms with Gasteiger partial charge in [-0.1, -0.05) is 77.6 Å². The van der Waals surface area contributed by atoms with Gasteiger partial charge >= 0.3 is 0 Å². The van der Waals surface area contributed by atoms with Crippen LogP contribution < -0.4 is 11.5 Å². The molecule has 0 radical (unpaired) electrons. The number of guanidine groups is 1. The highest BCUT2D eigenvalue weighted by molar-refractivity contribution is 5.75. The molecule has 0 rings (SSSR count). The van der Waals surface area contributed by atoms with E-state index in [1.165, 1.54) is 70.6 Å². The van der Waals surface area contributed by atoms with Gasteiger partial charge in [-0.2, -0.15) is 0 Å². The third-order valence-electron chi connectivity index (χ3n) is 3.31. The molecule has 0 bridgehead atoms. The molecular formula is C17H37N3O2. The number of carboxylic acids is 1. The fourth-order valence-electron chi connectivity index (χ4n) is 2.16. The molecule has 0 heterocycles. The zero-order valence-electron chi connectivity index (χ0n) is 14.6. The number of aliphatic imine (C=N–C) groups is 1. The fraction of sp³-hybridized carbons (Fsp3) is 0.882. The van der Waals surface area contributed by atoms with Gasteiger partial charge in [-0.25, -0.2) is 0 Å². The molecule has 22 heavy (non-hydrogen) atoms. The number of hydrogen-bond acceptors (Lipinski definition) is 2. The van der Waals surface area contributed by atoms with E-state index in [-0.39, 0.29) is 5.96 Å². The summed E-state index contributed by atoms with van der Waals surface area (Å²) in [7, 11) is 0. The van der Waals surface area contributed by atoms with Gasteiger partial charge in [0.25, 0.3) is 5.97 Å². The van der Waals surface area contributed by atoms with Gasteiger partial charge in [0.15, 0.2) is 5.96 Å². The zero-order chi connectivity index (χ0) is 17.1. The minimum Gasteiger partial charge on any atom is -0.481 e. The van der Waals surface area contributed by atoms with Crippen molar-refractivity contribution in [1.82, 2.24) is 0 Å². The molecule has 0 saturated carbocycles. The number of rotatable bonds is 13. The fourth-order valence-corrected chi connectivity index (χ4v) is 2.16. The molecule has 0 aromatic carbocycles. The van der Waals surface area contributed by atoms with Crippen molar-refractivity contribution in [2.24, 2.45) is 16.5 Å². The van der Waals surface area contributed by atoms with Crippen LogP contribution in [-0.4, -0.2) is 23.6 Å². The summed E-state index contributed by atoms with van der Waals surface area (Å²) in [4.78, 5) is 13.0. The number of unbranched alkanes of at least 4 members (excludes halogenated alkanes) is 11. The second-order valence-corrected chi connectivity index (χ2v) is 5.71. The first-order valence-electron chi connectivity index (χ1n) is 8.75. The van der Waals surface area contributed by atoms with E-state index in [0.29, 0.717) is 0 Å². The molecule has 5 N–H and O–H groups in total. The first-order chi connectivity index (χ1) is 10.5. The zero-order valence-corrected chi connectivity index (χ0v) is 14.6. The molecule has 0 aromatic heterocycles. The Hall–Kier alpha value is -1.26. The number of aliphatic carboxylic acids is 1. The monoisotopic (exact) mass is 315 g/mol.